The van der Waals surface area contributed by atoms with E-state index in [4.69, 9.17) is 5.11 Å². The maximum absolute atomic E-state index is 12.6. The topological polar surface area (TPSA) is 97.5 Å². The van der Waals surface area contributed by atoms with Gasteiger partial charge in [-0.15, -0.1) is 0 Å². The number of aliphatic carboxylic acids is 1. The number of rotatable bonds is 6. The molecule has 1 N–H and O–H groups in total. The summed E-state index contributed by atoms with van der Waals surface area (Å²) >= 11 is 0. The fourth-order valence-corrected chi connectivity index (χ4v) is 1.67. The highest BCUT2D eigenvalue weighted by Crippen LogP contribution is 2.32. The van der Waals surface area contributed by atoms with Crippen LogP contribution in [0.2, 0.25) is 0 Å². The number of Topliss-reactive ketones (excluding diaryl/α,β-unsaturated/α-hetero) is 1. The maximum atomic E-state index is 12.6. The number of nitrogens with zero attached hydrogens (tertiary/aromatic N) is 1. The van der Waals surface area contributed by atoms with E-state index in [1.165, 1.54) is 0 Å². The molecular weight excluding hydrogens is 295 g/mol. The average Bonchev–Trinajstić information content (AvgIpc) is 2.33. The highest BCUT2D eigenvalue weighted by Gasteiger charge is 2.32. The van der Waals surface area contributed by atoms with Crippen molar-refractivity contribution in [2.45, 2.75) is 25.4 Å². The van der Waals surface area contributed by atoms with E-state index in [1.54, 1.807) is 0 Å². The zero-order valence-corrected chi connectivity index (χ0v) is 10.5. The van der Waals surface area contributed by atoms with Gasteiger partial charge in [-0.3, -0.25) is 19.7 Å². The number of aryl methyl sites for hydroxylation is 1. The molecule has 114 valence electrons. The van der Waals surface area contributed by atoms with Crippen molar-refractivity contribution in [2.75, 3.05) is 0 Å². The maximum Gasteiger partial charge on any atom is 0.416 e. The predicted octanol–water partition coefficient (Wildman–Crippen LogP) is 2.59. The molecule has 1 aromatic carbocycles. The molecule has 1 aromatic rings. The number of alkyl halides is 3. The van der Waals surface area contributed by atoms with Crippen molar-refractivity contribution in [3.05, 3.63) is 39.4 Å². The van der Waals surface area contributed by atoms with E-state index in [-0.39, 0.29) is 18.4 Å². The van der Waals surface area contributed by atoms with Crippen LogP contribution in [0.15, 0.2) is 18.2 Å². The molecule has 0 fully saturated rings. The SMILES string of the molecule is O=C(O)CC(=O)CCc1cc(C(F)(F)F)ccc1[N+](=O)[O-]. The minimum Gasteiger partial charge on any atom is -0.481 e. The van der Waals surface area contributed by atoms with Crippen molar-refractivity contribution in [1.29, 1.82) is 0 Å². The molecule has 0 saturated carbocycles. The summed E-state index contributed by atoms with van der Waals surface area (Å²) in [6, 6.07) is 1.91. The second-order valence-corrected chi connectivity index (χ2v) is 4.21. The van der Waals surface area contributed by atoms with Crippen molar-refractivity contribution >= 4 is 17.4 Å². The Bertz CT molecular complexity index is 583. The lowest BCUT2D eigenvalue weighted by molar-refractivity contribution is -0.385. The van der Waals surface area contributed by atoms with Crippen LogP contribution in [0.5, 0.6) is 0 Å². The van der Waals surface area contributed by atoms with E-state index in [9.17, 15) is 32.9 Å². The van der Waals surface area contributed by atoms with Crippen molar-refractivity contribution in [3.8, 4) is 0 Å². The van der Waals surface area contributed by atoms with E-state index in [0.29, 0.717) is 12.1 Å². The molecule has 21 heavy (non-hydrogen) atoms. The van der Waals surface area contributed by atoms with Crippen molar-refractivity contribution in [3.63, 3.8) is 0 Å². The lowest BCUT2D eigenvalue weighted by Crippen LogP contribution is -2.10. The van der Waals surface area contributed by atoms with Gasteiger partial charge in [0.25, 0.3) is 5.69 Å². The van der Waals surface area contributed by atoms with Crippen LogP contribution in [0.4, 0.5) is 18.9 Å². The van der Waals surface area contributed by atoms with Crippen LogP contribution in [0, 0.1) is 10.1 Å². The van der Waals surface area contributed by atoms with E-state index in [2.05, 4.69) is 0 Å². The first-order chi connectivity index (χ1) is 9.61. The van der Waals surface area contributed by atoms with Crippen LogP contribution in [0.25, 0.3) is 0 Å². The summed E-state index contributed by atoms with van der Waals surface area (Å²) in [5.74, 6) is -2.08. The number of carbonyl (C=O) groups is 2. The molecule has 0 saturated heterocycles. The van der Waals surface area contributed by atoms with Gasteiger partial charge in [-0.25, -0.2) is 0 Å². The monoisotopic (exact) mass is 305 g/mol. The van der Waals surface area contributed by atoms with Gasteiger partial charge < -0.3 is 5.11 Å². The Balaban J connectivity index is 2.99. The number of nitro groups is 1. The van der Waals surface area contributed by atoms with Gasteiger partial charge in [-0.2, -0.15) is 13.2 Å². The number of nitro benzene ring substituents is 1. The quantitative estimate of drug-likeness (QED) is 0.495. The third kappa shape index (κ3) is 4.86. The first kappa shape index (κ1) is 16.6. The van der Waals surface area contributed by atoms with Gasteiger partial charge in [-0.1, -0.05) is 0 Å². The summed E-state index contributed by atoms with van der Waals surface area (Å²) in [5.41, 5.74) is -1.85. The smallest absolute Gasteiger partial charge is 0.416 e. The number of benzene rings is 1. The van der Waals surface area contributed by atoms with Gasteiger partial charge in [0.15, 0.2) is 0 Å². The summed E-state index contributed by atoms with van der Waals surface area (Å²) < 4.78 is 37.7. The number of hydrogen-bond donors (Lipinski definition) is 1. The van der Waals surface area contributed by atoms with Gasteiger partial charge in [0, 0.05) is 18.1 Å². The number of carbonyl (C=O) groups excluding carboxylic acids is 1. The van der Waals surface area contributed by atoms with Gasteiger partial charge in [0.1, 0.15) is 12.2 Å². The van der Waals surface area contributed by atoms with Gasteiger partial charge in [0.05, 0.1) is 10.5 Å². The Hall–Kier alpha value is -2.45. The normalized spacial score (nSPS) is 11.2. The molecule has 0 amide bonds. The molecule has 0 atom stereocenters. The largest absolute Gasteiger partial charge is 0.481 e. The summed E-state index contributed by atoms with van der Waals surface area (Å²) in [5, 5.41) is 19.1. The van der Waals surface area contributed by atoms with Crippen LogP contribution >= 0.6 is 0 Å². The molecular formula is C12H10F3NO5. The van der Waals surface area contributed by atoms with Gasteiger partial charge >= 0.3 is 12.1 Å². The van der Waals surface area contributed by atoms with E-state index >= 15 is 0 Å². The Morgan fingerprint density at radius 2 is 1.90 bits per heavy atom. The average molecular weight is 305 g/mol. The summed E-state index contributed by atoms with van der Waals surface area (Å²) in [7, 11) is 0. The molecule has 0 bridgehead atoms. The van der Waals surface area contributed by atoms with E-state index < -0.39 is 40.5 Å². The van der Waals surface area contributed by atoms with Crippen LogP contribution in [0.1, 0.15) is 24.0 Å². The first-order valence-electron chi connectivity index (χ1n) is 5.69. The highest BCUT2D eigenvalue weighted by atomic mass is 19.4. The molecule has 0 radical (unpaired) electrons. The van der Waals surface area contributed by atoms with Crippen LogP contribution < -0.4 is 0 Å². The number of carboxylic acids is 1. The lowest BCUT2D eigenvalue weighted by Gasteiger charge is -2.09. The molecule has 0 aromatic heterocycles. The van der Waals surface area contributed by atoms with E-state index in [1.807, 2.05) is 0 Å². The number of halogens is 3. The molecule has 6 nitrogen and oxygen atoms in total. The Kier molecular flexibility index (Phi) is 5.01. The second-order valence-electron chi connectivity index (χ2n) is 4.21. The van der Waals surface area contributed by atoms with Crippen molar-refractivity contribution in [1.82, 2.24) is 0 Å². The predicted molar refractivity (Wildman–Crippen MR) is 63.7 cm³/mol. The second kappa shape index (κ2) is 6.33. The summed E-state index contributed by atoms with van der Waals surface area (Å²) in [4.78, 5) is 31.4. The molecule has 0 heterocycles. The fourth-order valence-electron chi connectivity index (χ4n) is 1.67. The molecule has 0 aliphatic rings. The highest BCUT2D eigenvalue weighted by molar-refractivity contribution is 5.94. The van der Waals surface area contributed by atoms with Crippen LogP contribution in [0.3, 0.4) is 0 Å². The minimum atomic E-state index is -4.66. The lowest BCUT2D eigenvalue weighted by atomic mass is 10.0. The molecule has 0 unspecified atom stereocenters. The van der Waals surface area contributed by atoms with Crippen LogP contribution in [-0.2, 0) is 22.2 Å². The number of ketones is 1. The first-order valence-corrected chi connectivity index (χ1v) is 5.69. The third-order valence-electron chi connectivity index (χ3n) is 2.63. The molecule has 1 rings (SSSR count). The number of carboxylic acid groups (broad SMARTS) is 1. The van der Waals surface area contributed by atoms with E-state index in [0.717, 1.165) is 6.07 Å². The Labute approximate surface area is 116 Å². The van der Waals surface area contributed by atoms with Gasteiger partial charge in [0.2, 0.25) is 0 Å². The summed E-state index contributed by atoms with van der Waals surface area (Å²) in [6.45, 7) is 0. The van der Waals surface area contributed by atoms with Crippen molar-refractivity contribution in [2.24, 2.45) is 0 Å². The minimum absolute atomic E-state index is 0.256. The zero-order valence-electron chi connectivity index (χ0n) is 10.5. The molecule has 0 spiro atoms. The fraction of sp³-hybridized carbons (Fsp3) is 0.333. The molecule has 0 aliphatic carbocycles. The third-order valence-corrected chi connectivity index (χ3v) is 2.63. The summed E-state index contributed by atoms with van der Waals surface area (Å²) in [6.07, 6.45) is -6.14. The standard InChI is InChI=1S/C12H10F3NO5/c13-12(14,15)8-2-4-10(16(20)21)7(5-8)1-3-9(17)6-11(18)19/h2,4-5H,1,3,6H2,(H,18,19). The van der Waals surface area contributed by atoms with Gasteiger partial charge in [-0.05, 0) is 18.6 Å². The Morgan fingerprint density at radius 3 is 2.38 bits per heavy atom. The Morgan fingerprint density at radius 1 is 1.29 bits per heavy atom. The molecule has 9 heteroatoms. The number of hydrogen-bond acceptors (Lipinski definition) is 4. The zero-order chi connectivity index (χ0) is 16.2. The van der Waals surface area contributed by atoms with Crippen LogP contribution in [-0.4, -0.2) is 21.8 Å². The molecule has 0 aliphatic heterocycles. The van der Waals surface area contributed by atoms with Crippen molar-refractivity contribution < 1.29 is 32.8 Å².